The standard InChI is InChI=1S/C19H29N3O.HI/c1-20-19(22-18-11-5-6-12-18)21-14-7-8-15-23-16-13-17-9-3-2-4-10-17;/h2-6,9-10,18H,7-8,11-16H2,1H3,(H2,20,21,22);1H. The highest BCUT2D eigenvalue weighted by molar-refractivity contribution is 14.0. The van der Waals surface area contributed by atoms with Crippen LogP contribution in [0.4, 0.5) is 0 Å². The number of halogens is 1. The van der Waals surface area contributed by atoms with Crippen LogP contribution in [-0.4, -0.2) is 38.8 Å². The van der Waals surface area contributed by atoms with Crippen LogP contribution in [0.25, 0.3) is 0 Å². The molecule has 1 aliphatic carbocycles. The second-order valence-electron chi connectivity index (χ2n) is 5.84. The lowest BCUT2D eigenvalue weighted by molar-refractivity contribution is 0.133. The van der Waals surface area contributed by atoms with E-state index in [1.165, 1.54) is 5.56 Å². The summed E-state index contributed by atoms with van der Waals surface area (Å²) in [5, 5.41) is 6.81. The molecule has 4 nitrogen and oxygen atoms in total. The molecule has 1 aliphatic rings. The molecule has 0 saturated carbocycles. The Labute approximate surface area is 163 Å². The molecule has 0 radical (unpaired) electrons. The number of aliphatic imine (C=N–C) groups is 1. The second kappa shape index (κ2) is 13.2. The quantitative estimate of drug-likeness (QED) is 0.202. The summed E-state index contributed by atoms with van der Waals surface area (Å²) in [5.74, 6) is 0.906. The molecule has 0 spiro atoms. The molecule has 0 heterocycles. The van der Waals surface area contributed by atoms with Gasteiger partial charge in [0.2, 0.25) is 0 Å². The molecule has 1 aromatic rings. The monoisotopic (exact) mass is 443 g/mol. The van der Waals surface area contributed by atoms with Gasteiger partial charge in [0.25, 0.3) is 0 Å². The van der Waals surface area contributed by atoms with Gasteiger partial charge in [-0.15, -0.1) is 24.0 Å². The van der Waals surface area contributed by atoms with Crippen LogP contribution < -0.4 is 10.6 Å². The Balaban J connectivity index is 0.00000288. The summed E-state index contributed by atoms with van der Waals surface area (Å²) < 4.78 is 5.70. The van der Waals surface area contributed by atoms with Crippen molar-refractivity contribution in [2.75, 3.05) is 26.8 Å². The van der Waals surface area contributed by atoms with E-state index in [-0.39, 0.29) is 24.0 Å². The lowest BCUT2D eigenvalue weighted by Gasteiger charge is -2.16. The minimum atomic E-state index is 0. The van der Waals surface area contributed by atoms with Crippen LogP contribution in [0.3, 0.4) is 0 Å². The van der Waals surface area contributed by atoms with Crippen LogP contribution in [0.15, 0.2) is 47.5 Å². The lowest BCUT2D eigenvalue weighted by Crippen LogP contribution is -2.42. The maximum absolute atomic E-state index is 5.70. The molecule has 134 valence electrons. The Hall–Kier alpha value is -1.08. The van der Waals surface area contributed by atoms with E-state index < -0.39 is 0 Å². The number of nitrogens with zero attached hydrogens (tertiary/aromatic N) is 1. The van der Waals surface area contributed by atoms with Gasteiger partial charge >= 0.3 is 0 Å². The van der Waals surface area contributed by atoms with Gasteiger partial charge in [0, 0.05) is 26.2 Å². The zero-order valence-electron chi connectivity index (χ0n) is 14.5. The predicted molar refractivity (Wildman–Crippen MR) is 112 cm³/mol. The Morgan fingerprint density at radius 1 is 1.12 bits per heavy atom. The topological polar surface area (TPSA) is 45.7 Å². The maximum Gasteiger partial charge on any atom is 0.191 e. The number of nitrogens with one attached hydrogen (secondary N) is 2. The van der Waals surface area contributed by atoms with Gasteiger partial charge in [-0.3, -0.25) is 4.99 Å². The average Bonchev–Trinajstić information content (AvgIpc) is 3.10. The third kappa shape index (κ3) is 8.68. The predicted octanol–water partition coefficient (Wildman–Crippen LogP) is 3.53. The lowest BCUT2D eigenvalue weighted by atomic mass is 10.2. The minimum Gasteiger partial charge on any atom is -0.381 e. The number of hydrogen-bond acceptors (Lipinski definition) is 2. The molecule has 0 amide bonds. The molecule has 0 aliphatic heterocycles. The van der Waals surface area contributed by atoms with Gasteiger partial charge in [-0.1, -0.05) is 42.5 Å². The number of guanidine groups is 1. The van der Waals surface area contributed by atoms with Gasteiger partial charge in [0.1, 0.15) is 0 Å². The van der Waals surface area contributed by atoms with Gasteiger partial charge in [0.15, 0.2) is 5.96 Å². The summed E-state index contributed by atoms with van der Waals surface area (Å²) in [4.78, 5) is 4.27. The molecular formula is C19H30IN3O. The molecular weight excluding hydrogens is 413 g/mol. The van der Waals surface area contributed by atoms with Gasteiger partial charge in [-0.05, 0) is 37.7 Å². The number of unbranched alkanes of at least 4 members (excludes halogenated alkanes) is 1. The van der Waals surface area contributed by atoms with Crippen LogP contribution in [0.2, 0.25) is 0 Å². The SMILES string of the molecule is CN=C(NCCCCOCCc1ccccc1)NC1CC=CC1.I. The van der Waals surface area contributed by atoms with Crippen molar-refractivity contribution in [2.45, 2.75) is 38.1 Å². The van der Waals surface area contributed by atoms with E-state index in [2.05, 4.69) is 52.0 Å². The van der Waals surface area contributed by atoms with Crippen molar-refractivity contribution >= 4 is 29.9 Å². The fraction of sp³-hybridized carbons (Fsp3) is 0.526. The Morgan fingerprint density at radius 2 is 1.88 bits per heavy atom. The molecule has 1 aromatic carbocycles. The van der Waals surface area contributed by atoms with Crippen molar-refractivity contribution < 1.29 is 4.74 Å². The summed E-state index contributed by atoms with van der Waals surface area (Å²) in [5.41, 5.74) is 1.34. The highest BCUT2D eigenvalue weighted by atomic mass is 127. The number of benzene rings is 1. The summed E-state index contributed by atoms with van der Waals surface area (Å²) in [7, 11) is 1.82. The van der Waals surface area contributed by atoms with E-state index in [0.29, 0.717) is 6.04 Å². The number of ether oxygens (including phenoxy) is 1. The normalized spacial score (nSPS) is 14.5. The summed E-state index contributed by atoms with van der Waals surface area (Å²) in [6, 6.07) is 11.0. The molecule has 0 saturated heterocycles. The average molecular weight is 443 g/mol. The van der Waals surface area contributed by atoms with E-state index >= 15 is 0 Å². The van der Waals surface area contributed by atoms with Crippen molar-refractivity contribution in [1.29, 1.82) is 0 Å². The van der Waals surface area contributed by atoms with E-state index in [1.54, 1.807) is 0 Å². The smallest absolute Gasteiger partial charge is 0.191 e. The fourth-order valence-corrected chi connectivity index (χ4v) is 2.60. The van der Waals surface area contributed by atoms with Gasteiger partial charge in [-0.25, -0.2) is 0 Å². The first-order valence-electron chi connectivity index (χ1n) is 8.62. The molecule has 24 heavy (non-hydrogen) atoms. The van der Waals surface area contributed by atoms with E-state index in [9.17, 15) is 0 Å². The van der Waals surface area contributed by atoms with Gasteiger partial charge in [0.05, 0.1) is 6.61 Å². The number of rotatable bonds is 9. The van der Waals surface area contributed by atoms with Crippen molar-refractivity contribution in [2.24, 2.45) is 4.99 Å². The van der Waals surface area contributed by atoms with Crippen LogP contribution in [-0.2, 0) is 11.2 Å². The zero-order chi connectivity index (χ0) is 16.2. The molecule has 5 heteroatoms. The molecule has 0 atom stereocenters. The molecule has 0 fully saturated rings. The first-order chi connectivity index (χ1) is 11.4. The largest absolute Gasteiger partial charge is 0.381 e. The van der Waals surface area contributed by atoms with E-state index in [0.717, 1.165) is 57.8 Å². The summed E-state index contributed by atoms with van der Waals surface area (Å²) in [6.07, 6.45) is 9.78. The Bertz CT molecular complexity index is 483. The highest BCUT2D eigenvalue weighted by Crippen LogP contribution is 2.08. The Kier molecular flexibility index (Phi) is 11.6. The van der Waals surface area contributed by atoms with Crippen molar-refractivity contribution in [3.63, 3.8) is 0 Å². The molecule has 2 rings (SSSR count). The maximum atomic E-state index is 5.70. The second-order valence-corrected chi connectivity index (χ2v) is 5.84. The van der Waals surface area contributed by atoms with Crippen LogP contribution in [0.1, 0.15) is 31.2 Å². The first kappa shape index (κ1) is 21.0. The fourth-order valence-electron chi connectivity index (χ4n) is 2.60. The molecule has 0 bridgehead atoms. The molecule has 0 aromatic heterocycles. The highest BCUT2D eigenvalue weighted by Gasteiger charge is 2.10. The first-order valence-corrected chi connectivity index (χ1v) is 8.62. The Morgan fingerprint density at radius 3 is 2.58 bits per heavy atom. The zero-order valence-corrected chi connectivity index (χ0v) is 16.9. The summed E-state index contributed by atoms with van der Waals surface area (Å²) in [6.45, 7) is 2.56. The molecule has 0 unspecified atom stereocenters. The minimum absolute atomic E-state index is 0. The van der Waals surface area contributed by atoms with Crippen molar-refractivity contribution in [3.8, 4) is 0 Å². The summed E-state index contributed by atoms with van der Waals surface area (Å²) >= 11 is 0. The third-order valence-corrected chi connectivity index (χ3v) is 3.96. The molecule has 2 N–H and O–H groups in total. The van der Waals surface area contributed by atoms with E-state index in [1.807, 2.05) is 13.1 Å². The number of hydrogen-bond donors (Lipinski definition) is 2. The third-order valence-electron chi connectivity index (χ3n) is 3.96. The van der Waals surface area contributed by atoms with Crippen LogP contribution in [0.5, 0.6) is 0 Å². The van der Waals surface area contributed by atoms with Gasteiger partial charge < -0.3 is 15.4 Å². The van der Waals surface area contributed by atoms with Crippen molar-refractivity contribution in [3.05, 3.63) is 48.0 Å². The van der Waals surface area contributed by atoms with E-state index in [4.69, 9.17) is 4.74 Å². The van der Waals surface area contributed by atoms with Crippen LogP contribution in [0, 0.1) is 0 Å². The van der Waals surface area contributed by atoms with Gasteiger partial charge in [-0.2, -0.15) is 0 Å². The van der Waals surface area contributed by atoms with Crippen LogP contribution >= 0.6 is 24.0 Å². The van der Waals surface area contributed by atoms with Crippen molar-refractivity contribution in [1.82, 2.24) is 10.6 Å².